The molecule has 2 aliphatic rings. The molecule has 166 valence electrons. The molecule has 3 aromatic rings. The van der Waals surface area contributed by atoms with E-state index in [1.807, 2.05) is 29.8 Å². The number of carbonyl (C=O) groups excluding carboxylic acids is 1. The van der Waals surface area contributed by atoms with Crippen molar-refractivity contribution in [2.75, 3.05) is 18.3 Å². The Hall–Kier alpha value is -2.29. The number of nitrogens with one attached hydrogen (secondary N) is 1. The molecule has 1 aromatic heterocycles. The Bertz CT molecular complexity index is 1140. The van der Waals surface area contributed by atoms with E-state index < -0.39 is 0 Å². The molecule has 0 saturated carbocycles. The molecule has 3 atom stereocenters. The van der Waals surface area contributed by atoms with Gasteiger partial charge in [-0.2, -0.15) is 0 Å². The van der Waals surface area contributed by atoms with Crippen molar-refractivity contribution in [3.63, 3.8) is 0 Å². The number of rotatable bonds is 5. The molecule has 0 unspecified atom stereocenters. The fraction of sp³-hybridized carbons (Fsp3) is 0.375. The lowest BCUT2D eigenvalue weighted by atomic mass is 9.96. The van der Waals surface area contributed by atoms with Crippen LogP contribution in [0.5, 0.6) is 0 Å². The van der Waals surface area contributed by atoms with Crippen LogP contribution in [0, 0.1) is 13.8 Å². The average Bonchev–Trinajstić information content (AvgIpc) is 3.49. The molecule has 0 aliphatic carbocycles. The van der Waals surface area contributed by atoms with Crippen LogP contribution in [0.25, 0.3) is 0 Å². The van der Waals surface area contributed by atoms with Crippen molar-refractivity contribution in [1.82, 2.24) is 14.9 Å². The smallest absolute Gasteiger partial charge is 0.210 e. The number of ether oxygens (including phenoxy) is 1. The van der Waals surface area contributed by atoms with Gasteiger partial charge in [-0.1, -0.05) is 36.0 Å². The van der Waals surface area contributed by atoms with Crippen LogP contribution in [0.4, 0.5) is 0 Å². The van der Waals surface area contributed by atoms with Crippen LogP contribution < -0.4 is 5.43 Å². The first-order valence-corrected chi connectivity index (χ1v) is 12.9. The predicted molar refractivity (Wildman–Crippen MR) is 128 cm³/mol. The Balaban J connectivity index is 1.53. The topological polar surface area (TPSA) is 69.0 Å². The molecule has 5 rings (SSSR count). The first-order chi connectivity index (χ1) is 15.5. The van der Waals surface area contributed by atoms with E-state index >= 15 is 0 Å². The number of hydrogen-bond donors (Lipinski definition) is 1. The Labute approximate surface area is 196 Å². The van der Waals surface area contributed by atoms with Gasteiger partial charge < -0.3 is 10.2 Å². The van der Waals surface area contributed by atoms with Crippen molar-refractivity contribution in [2.45, 2.75) is 54.1 Å². The number of nitrogens with zero attached hydrogens (tertiary/aromatic N) is 3. The second-order valence-electron chi connectivity index (χ2n) is 8.26. The standard InChI is InChI=1S/C24H26N4O2S2/c1-14-6-7-17(13-15(14)2)21(29)22-20(16-8-10-18(31-3)11-9-16)27-28-23(19-5-4-12-30-19)25-26-24(28)32-22/h6-11,13,19-20,22,27H,4-5,12H2,1-3H3/t19-,20-,22-/m0/s1. The summed E-state index contributed by atoms with van der Waals surface area (Å²) in [7, 11) is 0. The van der Waals surface area contributed by atoms with Gasteiger partial charge in [0.05, 0.1) is 6.04 Å². The van der Waals surface area contributed by atoms with Crippen molar-refractivity contribution in [3.8, 4) is 0 Å². The van der Waals surface area contributed by atoms with E-state index in [0.717, 1.165) is 42.0 Å². The lowest BCUT2D eigenvalue weighted by molar-refractivity contribution is 0.0974. The van der Waals surface area contributed by atoms with Gasteiger partial charge in [0.25, 0.3) is 0 Å². The van der Waals surface area contributed by atoms with Crippen molar-refractivity contribution in [1.29, 1.82) is 0 Å². The summed E-state index contributed by atoms with van der Waals surface area (Å²) in [6.45, 7) is 4.85. The minimum Gasteiger partial charge on any atom is -0.370 e. The molecule has 6 nitrogen and oxygen atoms in total. The molecule has 0 bridgehead atoms. The lowest BCUT2D eigenvalue weighted by Crippen LogP contribution is -2.39. The lowest BCUT2D eigenvalue weighted by Gasteiger charge is -2.33. The molecular weight excluding hydrogens is 440 g/mol. The summed E-state index contributed by atoms with van der Waals surface area (Å²) in [5.74, 6) is 0.880. The SMILES string of the molecule is CSc1ccc([C@@H]2Nn3c(nnc3[C@@H]3CCCO3)S[C@@H]2C(=O)c2ccc(C)c(C)c2)cc1. The molecular formula is C24H26N4O2S2. The van der Waals surface area contributed by atoms with E-state index in [-0.39, 0.29) is 23.2 Å². The second-order valence-corrected chi connectivity index (χ2v) is 10.2. The van der Waals surface area contributed by atoms with E-state index in [1.165, 1.54) is 22.2 Å². The third-order valence-corrected chi connectivity index (χ3v) is 8.16. The number of fused-ring (bicyclic) bond motifs is 1. The number of aryl methyl sites for hydroxylation is 2. The molecule has 0 spiro atoms. The molecule has 1 saturated heterocycles. The Morgan fingerprint density at radius 1 is 1.16 bits per heavy atom. The zero-order chi connectivity index (χ0) is 22.2. The van der Waals surface area contributed by atoms with Crippen molar-refractivity contribution >= 4 is 29.3 Å². The fourth-order valence-corrected chi connectivity index (χ4v) is 5.75. The molecule has 3 heterocycles. The largest absolute Gasteiger partial charge is 0.370 e. The van der Waals surface area contributed by atoms with Crippen LogP contribution in [0.1, 0.15) is 57.9 Å². The minimum absolute atomic E-state index is 0.0594. The summed E-state index contributed by atoms with van der Waals surface area (Å²) in [4.78, 5) is 14.9. The van der Waals surface area contributed by atoms with Crippen LogP contribution in [-0.4, -0.2) is 38.8 Å². The van der Waals surface area contributed by atoms with Gasteiger partial charge >= 0.3 is 0 Å². The summed E-state index contributed by atoms with van der Waals surface area (Å²) < 4.78 is 7.79. The van der Waals surface area contributed by atoms with Gasteiger partial charge in [-0.3, -0.25) is 4.79 Å². The molecule has 0 amide bonds. The van der Waals surface area contributed by atoms with Gasteiger partial charge in [-0.15, -0.1) is 22.0 Å². The number of thioether (sulfide) groups is 2. The number of aromatic nitrogens is 3. The van der Waals surface area contributed by atoms with E-state index in [1.54, 1.807) is 11.8 Å². The van der Waals surface area contributed by atoms with Gasteiger partial charge in [-0.05, 0) is 67.8 Å². The van der Waals surface area contributed by atoms with E-state index in [2.05, 4.69) is 53.1 Å². The summed E-state index contributed by atoms with van der Waals surface area (Å²) in [5, 5.41) is 9.16. The van der Waals surface area contributed by atoms with Crippen LogP contribution in [0.3, 0.4) is 0 Å². The first kappa shape index (κ1) is 21.6. The summed E-state index contributed by atoms with van der Waals surface area (Å²) in [6.07, 6.45) is 3.96. The van der Waals surface area contributed by atoms with Crippen LogP contribution in [0.2, 0.25) is 0 Å². The molecule has 2 aromatic carbocycles. The van der Waals surface area contributed by atoms with Crippen LogP contribution in [0.15, 0.2) is 52.5 Å². The van der Waals surface area contributed by atoms with E-state index in [0.29, 0.717) is 5.16 Å². The highest BCUT2D eigenvalue weighted by molar-refractivity contribution is 8.00. The second kappa shape index (κ2) is 8.92. The van der Waals surface area contributed by atoms with E-state index in [9.17, 15) is 4.79 Å². The van der Waals surface area contributed by atoms with Crippen molar-refractivity contribution in [2.24, 2.45) is 0 Å². The number of Topliss-reactive ketones (excluding diaryl/α,β-unsaturated/α-hetero) is 1. The van der Waals surface area contributed by atoms with Crippen molar-refractivity contribution < 1.29 is 9.53 Å². The maximum absolute atomic E-state index is 13.7. The quantitative estimate of drug-likeness (QED) is 0.414. The average molecular weight is 467 g/mol. The third kappa shape index (κ3) is 3.95. The van der Waals surface area contributed by atoms with Crippen molar-refractivity contribution in [3.05, 3.63) is 70.5 Å². The Morgan fingerprint density at radius 3 is 2.66 bits per heavy atom. The zero-order valence-electron chi connectivity index (χ0n) is 18.4. The number of benzene rings is 2. The van der Waals surface area contributed by atoms with Gasteiger partial charge in [0.1, 0.15) is 11.4 Å². The fourth-order valence-electron chi connectivity index (χ4n) is 4.18. The van der Waals surface area contributed by atoms with Crippen LogP contribution in [-0.2, 0) is 4.74 Å². The van der Waals surface area contributed by atoms with Gasteiger partial charge in [-0.25, -0.2) is 4.68 Å². The predicted octanol–water partition coefficient (Wildman–Crippen LogP) is 5.11. The zero-order valence-corrected chi connectivity index (χ0v) is 20.0. The normalized spacial score (nSPS) is 22.4. The van der Waals surface area contributed by atoms with Gasteiger partial charge in [0, 0.05) is 17.1 Å². The highest BCUT2D eigenvalue weighted by atomic mass is 32.2. The van der Waals surface area contributed by atoms with Gasteiger partial charge in [0.2, 0.25) is 5.16 Å². The number of ketones is 1. The molecule has 0 radical (unpaired) electrons. The minimum atomic E-state index is -0.355. The summed E-state index contributed by atoms with van der Waals surface area (Å²) >= 11 is 3.19. The molecule has 2 aliphatic heterocycles. The Morgan fingerprint density at radius 2 is 1.97 bits per heavy atom. The van der Waals surface area contributed by atoms with Crippen LogP contribution >= 0.6 is 23.5 Å². The molecule has 1 N–H and O–H groups in total. The maximum atomic E-state index is 13.7. The van der Waals surface area contributed by atoms with Gasteiger partial charge in [0.15, 0.2) is 11.6 Å². The molecule has 1 fully saturated rings. The summed E-state index contributed by atoms with van der Waals surface area (Å²) in [6, 6.07) is 14.1. The number of hydrogen-bond acceptors (Lipinski definition) is 7. The van der Waals surface area contributed by atoms with E-state index in [4.69, 9.17) is 4.74 Å². The highest BCUT2D eigenvalue weighted by Gasteiger charge is 2.39. The maximum Gasteiger partial charge on any atom is 0.210 e. The highest BCUT2D eigenvalue weighted by Crippen LogP contribution is 2.41. The Kier molecular flexibility index (Phi) is 6.01. The molecule has 32 heavy (non-hydrogen) atoms. The third-order valence-electron chi connectivity index (χ3n) is 6.20. The summed E-state index contributed by atoms with van der Waals surface area (Å²) in [5.41, 5.74) is 7.66. The molecule has 8 heteroatoms. The first-order valence-electron chi connectivity index (χ1n) is 10.8. The monoisotopic (exact) mass is 466 g/mol. The number of carbonyl (C=O) groups is 1.